The molecule has 1 N–H and O–H groups in total. The van der Waals surface area contributed by atoms with Gasteiger partial charge in [-0.2, -0.15) is 0 Å². The standard InChI is InChI=1S/C13H16ClNO/c14-12-5-3-4-11(8-12)9-15-10-13-6-1-2-7-16-13/h2-5,7-8,13,15H,1,6,9-10H2. The van der Waals surface area contributed by atoms with Gasteiger partial charge in [-0.25, -0.2) is 0 Å². The topological polar surface area (TPSA) is 21.3 Å². The van der Waals surface area contributed by atoms with Gasteiger partial charge in [0.2, 0.25) is 0 Å². The molecule has 86 valence electrons. The second kappa shape index (κ2) is 5.92. The summed E-state index contributed by atoms with van der Waals surface area (Å²) in [6.45, 7) is 1.72. The first-order valence-electron chi connectivity index (χ1n) is 5.60. The molecule has 0 saturated heterocycles. The van der Waals surface area contributed by atoms with Crippen molar-refractivity contribution in [2.45, 2.75) is 25.5 Å². The van der Waals surface area contributed by atoms with Crippen molar-refractivity contribution in [1.82, 2.24) is 5.32 Å². The molecule has 1 heterocycles. The van der Waals surface area contributed by atoms with Gasteiger partial charge >= 0.3 is 0 Å². The molecule has 0 bridgehead atoms. The summed E-state index contributed by atoms with van der Waals surface area (Å²) in [5.74, 6) is 0. The van der Waals surface area contributed by atoms with Gasteiger partial charge in [0.05, 0.1) is 6.26 Å². The van der Waals surface area contributed by atoms with Crippen molar-refractivity contribution in [3.8, 4) is 0 Å². The number of hydrogen-bond acceptors (Lipinski definition) is 2. The highest BCUT2D eigenvalue weighted by atomic mass is 35.5. The van der Waals surface area contributed by atoms with E-state index in [0.717, 1.165) is 31.0 Å². The number of allylic oxidation sites excluding steroid dienone is 1. The fraction of sp³-hybridized carbons (Fsp3) is 0.385. The summed E-state index contributed by atoms with van der Waals surface area (Å²) >= 11 is 5.91. The van der Waals surface area contributed by atoms with Crippen LogP contribution in [0.25, 0.3) is 0 Å². The first kappa shape index (κ1) is 11.5. The van der Waals surface area contributed by atoms with E-state index in [-0.39, 0.29) is 0 Å². The number of halogens is 1. The number of hydrogen-bond donors (Lipinski definition) is 1. The second-order valence-corrected chi connectivity index (χ2v) is 4.40. The van der Waals surface area contributed by atoms with Crippen LogP contribution in [0.15, 0.2) is 36.6 Å². The largest absolute Gasteiger partial charge is 0.497 e. The van der Waals surface area contributed by atoms with E-state index in [1.54, 1.807) is 6.26 Å². The van der Waals surface area contributed by atoms with E-state index in [1.165, 1.54) is 5.56 Å². The molecule has 0 saturated carbocycles. The minimum absolute atomic E-state index is 0.309. The molecule has 1 aromatic rings. The van der Waals surface area contributed by atoms with E-state index in [9.17, 15) is 0 Å². The van der Waals surface area contributed by atoms with Gasteiger partial charge in [-0.05, 0) is 36.6 Å². The van der Waals surface area contributed by atoms with Crippen LogP contribution < -0.4 is 5.32 Å². The maximum Gasteiger partial charge on any atom is 0.110 e. The van der Waals surface area contributed by atoms with Crippen LogP contribution in [0.3, 0.4) is 0 Å². The van der Waals surface area contributed by atoms with Crippen molar-refractivity contribution in [3.05, 3.63) is 47.2 Å². The van der Waals surface area contributed by atoms with Crippen LogP contribution in [0, 0.1) is 0 Å². The normalized spacial score (nSPS) is 19.4. The SMILES string of the molecule is Clc1cccc(CNCC2CCC=CO2)c1. The minimum Gasteiger partial charge on any atom is -0.497 e. The van der Waals surface area contributed by atoms with Crippen LogP contribution in [0.1, 0.15) is 18.4 Å². The number of benzene rings is 1. The lowest BCUT2D eigenvalue weighted by Gasteiger charge is -2.19. The van der Waals surface area contributed by atoms with Crippen molar-refractivity contribution in [2.75, 3.05) is 6.54 Å². The van der Waals surface area contributed by atoms with Crippen molar-refractivity contribution >= 4 is 11.6 Å². The summed E-state index contributed by atoms with van der Waals surface area (Å²) in [7, 11) is 0. The molecule has 2 rings (SSSR count). The highest BCUT2D eigenvalue weighted by Gasteiger charge is 2.09. The predicted molar refractivity (Wildman–Crippen MR) is 66.4 cm³/mol. The quantitative estimate of drug-likeness (QED) is 0.869. The molecule has 1 aliphatic rings. The van der Waals surface area contributed by atoms with E-state index >= 15 is 0 Å². The summed E-state index contributed by atoms with van der Waals surface area (Å²) in [6, 6.07) is 7.91. The molecule has 2 nitrogen and oxygen atoms in total. The van der Waals surface area contributed by atoms with Crippen LogP contribution in [0.4, 0.5) is 0 Å². The van der Waals surface area contributed by atoms with Crippen LogP contribution >= 0.6 is 11.6 Å². The van der Waals surface area contributed by atoms with E-state index in [0.29, 0.717) is 6.10 Å². The molecule has 1 aliphatic heterocycles. The van der Waals surface area contributed by atoms with Crippen LogP contribution in [-0.4, -0.2) is 12.6 Å². The van der Waals surface area contributed by atoms with Crippen LogP contribution in [0.5, 0.6) is 0 Å². The molecule has 1 unspecified atom stereocenters. The molecule has 1 aromatic carbocycles. The third-order valence-corrected chi connectivity index (χ3v) is 2.85. The van der Waals surface area contributed by atoms with E-state index in [2.05, 4.69) is 17.5 Å². The molecule has 0 fully saturated rings. The van der Waals surface area contributed by atoms with Crippen LogP contribution in [0.2, 0.25) is 5.02 Å². The predicted octanol–water partition coefficient (Wildman–Crippen LogP) is 3.12. The molecule has 1 atom stereocenters. The molecule has 16 heavy (non-hydrogen) atoms. The minimum atomic E-state index is 0.309. The Bertz CT molecular complexity index is 365. The van der Waals surface area contributed by atoms with Gasteiger partial charge in [0.25, 0.3) is 0 Å². The smallest absolute Gasteiger partial charge is 0.110 e. The average Bonchev–Trinajstić information content (AvgIpc) is 2.30. The zero-order valence-electron chi connectivity index (χ0n) is 9.16. The molecule has 3 heteroatoms. The third-order valence-electron chi connectivity index (χ3n) is 2.61. The van der Waals surface area contributed by atoms with Gasteiger partial charge in [-0.1, -0.05) is 23.7 Å². The van der Waals surface area contributed by atoms with Gasteiger partial charge in [-0.3, -0.25) is 0 Å². The summed E-state index contributed by atoms with van der Waals surface area (Å²) in [5.41, 5.74) is 1.21. The zero-order valence-corrected chi connectivity index (χ0v) is 9.91. The van der Waals surface area contributed by atoms with Gasteiger partial charge < -0.3 is 10.1 Å². The maximum absolute atomic E-state index is 5.91. The Labute approximate surface area is 101 Å². The highest BCUT2D eigenvalue weighted by molar-refractivity contribution is 6.30. The highest BCUT2D eigenvalue weighted by Crippen LogP contribution is 2.11. The third kappa shape index (κ3) is 3.54. The first-order valence-corrected chi connectivity index (χ1v) is 5.98. The lowest BCUT2D eigenvalue weighted by molar-refractivity contribution is 0.122. The molecule has 0 amide bonds. The molecule has 0 radical (unpaired) electrons. The Morgan fingerprint density at radius 1 is 1.44 bits per heavy atom. The second-order valence-electron chi connectivity index (χ2n) is 3.97. The Balaban J connectivity index is 1.73. The summed E-state index contributed by atoms with van der Waals surface area (Å²) in [6.07, 6.45) is 6.38. The summed E-state index contributed by atoms with van der Waals surface area (Å²) in [4.78, 5) is 0. The summed E-state index contributed by atoms with van der Waals surface area (Å²) in [5, 5.41) is 4.17. The lowest BCUT2D eigenvalue weighted by atomic mass is 10.1. The Kier molecular flexibility index (Phi) is 4.25. The Morgan fingerprint density at radius 3 is 3.12 bits per heavy atom. The van der Waals surface area contributed by atoms with Gasteiger partial charge in [0.1, 0.15) is 6.10 Å². The van der Waals surface area contributed by atoms with Crippen molar-refractivity contribution in [1.29, 1.82) is 0 Å². The van der Waals surface area contributed by atoms with Crippen molar-refractivity contribution in [2.24, 2.45) is 0 Å². The van der Waals surface area contributed by atoms with E-state index in [1.807, 2.05) is 18.2 Å². The van der Waals surface area contributed by atoms with Crippen LogP contribution in [-0.2, 0) is 11.3 Å². The molecule has 0 aliphatic carbocycles. The van der Waals surface area contributed by atoms with Gasteiger partial charge in [0, 0.05) is 18.1 Å². The summed E-state index contributed by atoms with van der Waals surface area (Å²) < 4.78 is 5.47. The lowest BCUT2D eigenvalue weighted by Crippen LogP contribution is -2.28. The number of nitrogens with one attached hydrogen (secondary N) is 1. The molecule has 0 spiro atoms. The fourth-order valence-corrected chi connectivity index (χ4v) is 1.97. The fourth-order valence-electron chi connectivity index (χ4n) is 1.76. The van der Waals surface area contributed by atoms with Crippen molar-refractivity contribution < 1.29 is 4.74 Å². The molecule has 0 aromatic heterocycles. The van der Waals surface area contributed by atoms with E-state index in [4.69, 9.17) is 16.3 Å². The monoisotopic (exact) mass is 237 g/mol. The molecular formula is C13H16ClNO. The average molecular weight is 238 g/mol. The Hall–Kier alpha value is -0.990. The molecular weight excluding hydrogens is 222 g/mol. The number of rotatable bonds is 4. The number of ether oxygens (including phenoxy) is 1. The maximum atomic E-state index is 5.91. The van der Waals surface area contributed by atoms with Crippen molar-refractivity contribution in [3.63, 3.8) is 0 Å². The Morgan fingerprint density at radius 2 is 2.38 bits per heavy atom. The zero-order chi connectivity index (χ0) is 11.2. The van der Waals surface area contributed by atoms with Gasteiger partial charge in [0.15, 0.2) is 0 Å². The van der Waals surface area contributed by atoms with E-state index < -0.39 is 0 Å². The van der Waals surface area contributed by atoms with Gasteiger partial charge in [-0.15, -0.1) is 0 Å². The first-order chi connectivity index (χ1) is 7.84.